The SMILES string of the molecule is CC(C)(C)OC(=O)N1CCC(C(CSc2ccc(C(C)(C)C)cc2)c2cn(C(c3ccccc3)(c3ccccc3)c3ccccc3)cn2)CC1. The molecule has 0 bridgehead atoms. The number of ether oxygens (including phenoxy) is 1. The molecule has 0 saturated carbocycles. The van der Waals surface area contributed by atoms with Gasteiger partial charge in [0.2, 0.25) is 0 Å². The number of imidazole rings is 1. The Bertz CT molecular complexity index is 1720. The normalized spacial score (nSPS) is 15.1. The molecule has 6 heteroatoms. The summed E-state index contributed by atoms with van der Waals surface area (Å²) in [6.45, 7) is 13.9. The molecule has 2 heterocycles. The maximum Gasteiger partial charge on any atom is 0.410 e. The van der Waals surface area contributed by atoms with E-state index < -0.39 is 11.1 Å². The van der Waals surface area contributed by atoms with Gasteiger partial charge >= 0.3 is 6.09 Å². The highest BCUT2D eigenvalue weighted by Crippen LogP contribution is 2.43. The molecule has 0 spiro atoms. The molecule has 1 amide bonds. The average molecular weight is 686 g/mol. The predicted octanol–water partition coefficient (Wildman–Crippen LogP) is 10.5. The van der Waals surface area contributed by atoms with E-state index in [1.807, 2.05) is 43.8 Å². The van der Waals surface area contributed by atoms with Crippen molar-refractivity contribution in [2.45, 2.75) is 81.8 Å². The molecule has 1 aliphatic heterocycles. The molecule has 1 aromatic heterocycles. The van der Waals surface area contributed by atoms with Gasteiger partial charge in [0, 0.05) is 35.9 Å². The highest BCUT2D eigenvalue weighted by molar-refractivity contribution is 7.99. The molecule has 5 nitrogen and oxygen atoms in total. The average Bonchev–Trinajstić information content (AvgIpc) is 3.59. The van der Waals surface area contributed by atoms with Crippen LogP contribution >= 0.6 is 11.8 Å². The van der Waals surface area contributed by atoms with Crippen LogP contribution in [0.4, 0.5) is 4.79 Å². The quantitative estimate of drug-likeness (QED) is 0.114. The Morgan fingerprint density at radius 2 is 1.24 bits per heavy atom. The molecule has 0 N–H and O–H groups in total. The molecule has 260 valence electrons. The van der Waals surface area contributed by atoms with Gasteiger partial charge in [-0.2, -0.15) is 0 Å². The first-order valence-electron chi connectivity index (χ1n) is 17.9. The third-order valence-corrected chi connectivity index (χ3v) is 11.0. The summed E-state index contributed by atoms with van der Waals surface area (Å²) in [5.74, 6) is 1.47. The maximum atomic E-state index is 13.0. The largest absolute Gasteiger partial charge is 0.444 e. The van der Waals surface area contributed by atoms with Crippen molar-refractivity contribution in [3.8, 4) is 0 Å². The van der Waals surface area contributed by atoms with Crippen LogP contribution in [0.1, 0.15) is 88.2 Å². The molecule has 0 radical (unpaired) electrons. The first-order chi connectivity index (χ1) is 23.9. The number of hydrogen-bond acceptors (Lipinski definition) is 4. The smallest absolute Gasteiger partial charge is 0.410 e. The zero-order valence-electron chi connectivity index (χ0n) is 30.4. The number of carbonyl (C=O) groups excluding carboxylic acids is 1. The summed E-state index contributed by atoms with van der Waals surface area (Å²) in [7, 11) is 0. The fraction of sp³-hybridized carbons (Fsp3) is 0.364. The van der Waals surface area contributed by atoms with Gasteiger partial charge in [0.1, 0.15) is 11.1 Å². The van der Waals surface area contributed by atoms with Crippen LogP contribution in [0, 0.1) is 5.92 Å². The minimum absolute atomic E-state index is 0.115. The second-order valence-corrected chi connectivity index (χ2v) is 16.6. The number of piperidine rings is 1. The summed E-state index contributed by atoms with van der Waals surface area (Å²) in [6.07, 6.45) is 5.92. The minimum atomic E-state index is -0.615. The Morgan fingerprint density at radius 3 is 1.70 bits per heavy atom. The van der Waals surface area contributed by atoms with E-state index in [-0.39, 0.29) is 17.4 Å². The zero-order valence-corrected chi connectivity index (χ0v) is 31.2. The lowest BCUT2D eigenvalue weighted by Gasteiger charge is -2.38. The third kappa shape index (κ3) is 7.86. The summed E-state index contributed by atoms with van der Waals surface area (Å²) >= 11 is 1.90. The lowest BCUT2D eigenvalue weighted by atomic mass is 9.76. The number of nitrogens with zero attached hydrogens (tertiary/aromatic N) is 3. The van der Waals surface area contributed by atoms with Gasteiger partial charge in [-0.3, -0.25) is 0 Å². The standard InChI is InChI=1S/C44H51N3O2S/c1-42(2,3)34-22-24-38(25-23-34)50-31-39(33-26-28-46(29-27-33)41(48)49-43(4,5)6)40-30-47(32-45-40)44(35-16-10-7-11-17-35,36-18-12-8-13-19-36)37-20-14-9-15-21-37/h7-25,30,32-33,39H,26-29,31H2,1-6H3. The van der Waals surface area contributed by atoms with Gasteiger partial charge in [-0.1, -0.05) is 124 Å². The van der Waals surface area contributed by atoms with Crippen molar-refractivity contribution in [1.82, 2.24) is 14.5 Å². The van der Waals surface area contributed by atoms with Crippen molar-refractivity contribution in [2.24, 2.45) is 5.92 Å². The highest BCUT2D eigenvalue weighted by atomic mass is 32.2. The third-order valence-electron chi connectivity index (χ3n) is 9.85. The van der Waals surface area contributed by atoms with Crippen molar-refractivity contribution >= 4 is 17.9 Å². The first kappa shape index (κ1) is 35.5. The number of aromatic nitrogens is 2. The summed E-state index contributed by atoms with van der Waals surface area (Å²) in [5, 5.41) is 0. The summed E-state index contributed by atoms with van der Waals surface area (Å²) < 4.78 is 8.06. The van der Waals surface area contributed by atoms with E-state index in [0.717, 1.165) is 24.3 Å². The van der Waals surface area contributed by atoms with E-state index in [2.05, 4.69) is 147 Å². The molecule has 1 aliphatic rings. The van der Waals surface area contributed by atoms with E-state index in [9.17, 15) is 4.79 Å². The Kier molecular flexibility index (Phi) is 10.6. The van der Waals surface area contributed by atoms with E-state index in [4.69, 9.17) is 9.72 Å². The van der Waals surface area contributed by atoms with Crippen molar-refractivity contribution in [3.05, 3.63) is 156 Å². The number of carbonyl (C=O) groups is 1. The second-order valence-electron chi connectivity index (χ2n) is 15.5. The van der Waals surface area contributed by atoms with Crippen LogP contribution in [0.15, 0.2) is 133 Å². The molecule has 50 heavy (non-hydrogen) atoms. The summed E-state index contributed by atoms with van der Waals surface area (Å²) in [4.78, 5) is 21.4. The van der Waals surface area contributed by atoms with Crippen LogP contribution in [-0.2, 0) is 15.7 Å². The fourth-order valence-electron chi connectivity index (χ4n) is 7.21. The molecule has 1 saturated heterocycles. The van der Waals surface area contributed by atoms with Gasteiger partial charge in [-0.25, -0.2) is 9.78 Å². The van der Waals surface area contributed by atoms with Crippen molar-refractivity contribution in [2.75, 3.05) is 18.8 Å². The molecular formula is C44H51N3O2S. The van der Waals surface area contributed by atoms with Crippen molar-refractivity contribution in [3.63, 3.8) is 0 Å². The maximum absolute atomic E-state index is 13.0. The van der Waals surface area contributed by atoms with Crippen molar-refractivity contribution in [1.29, 1.82) is 0 Å². The molecule has 1 fully saturated rings. The summed E-state index contributed by atoms with van der Waals surface area (Å²) in [5.41, 5.74) is 4.95. The Balaban J connectivity index is 1.38. The first-order valence-corrected chi connectivity index (χ1v) is 18.9. The second kappa shape index (κ2) is 14.9. The van der Waals surface area contributed by atoms with Crippen LogP contribution in [-0.4, -0.2) is 45.0 Å². The number of amides is 1. The topological polar surface area (TPSA) is 47.4 Å². The zero-order chi connectivity index (χ0) is 35.4. The molecule has 1 unspecified atom stereocenters. The van der Waals surface area contributed by atoms with E-state index in [0.29, 0.717) is 19.0 Å². The van der Waals surface area contributed by atoms with Crippen LogP contribution in [0.2, 0.25) is 0 Å². The van der Waals surface area contributed by atoms with Gasteiger partial charge in [-0.15, -0.1) is 11.8 Å². The number of rotatable bonds is 9. The predicted molar refractivity (Wildman–Crippen MR) is 206 cm³/mol. The molecular weight excluding hydrogens is 635 g/mol. The minimum Gasteiger partial charge on any atom is -0.444 e. The fourth-order valence-corrected chi connectivity index (χ4v) is 8.35. The number of hydrogen-bond donors (Lipinski definition) is 0. The van der Waals surface area contributed by atoms with E-state index in [1.165, 1.54) is 27.1 Å². The number of thioether (sulfide) groups is 1. The Morgan fingerprint density at radius 1 is 0.740 bits per heavy atom. The van der Waals surface area contributed by atoms with Gasteiger partial charge < -0.3 is 14.2 Å². The Hall–Kier alpha value is -4.29. The number of likely N-dealkylation sites (tertiary alicyclic amines) is 1. The number of benzene rings is 4. The van der Waals surface area contributed by atoms with Crippen LogP contribution in [0.3, 0.4) is 0 Å². The van der Waals surface area contributed by atoms with Gasteiger partial charge in [0.25, 0.3) is 0 Å². The van der Waals surface area contributed by atoms with Crippen LogP contribution in [0.5, 0.6) is 0 Å². The van der Waals surface area contributed by atoms with E-state index in [1.54, 1.807) is 0 Å². The van der Waals surface area contributed by atoms with Gasteiger partial charge in [-0.05, 0) is 79.3 Å². The van der Waals surface area contributed by atoms with Crippen LogP contribution in [0.25, 0.3) is 0 Å². The van der Waals surface area contributed by atoms with Gasteiger partial charge in [0.15, 0.2) is 0 Å². The molecule has 6 rings (SSSR count). The van der Waals surface area contributed by atoms with E-state index >= 15 is 0 Å². The van der Waals surface area contributed by atoms with Crippen molar-refractivity contribution < 1.29 is 9.53 Å². The Labute approximate surface area is 303 Å². The molecule has 4 aromatic carbocycles. The lowest BCUT2D eigenvalue weighted by Crippen LogP contribution is -2.42. The monoisotopic (exact) mass is 685 g/mol. The lowest BCUT2D eigenvalue weighted by molar-refractivity contribution is 0.0176. The molecule has 5 aromatic rings. The van der Waals surface area contributed by atoms with Crippen LogP contribution < -0.4 is 0 Å². The molecule has 0 aliphatic carbocycles. The van der Waals surface area contributed by atoms with Gasteiger partial charge in [0.05, 0.1) is 12.0 Å². The molecule has 1 atom stereocenters. The highest BCUT2D eigenvalue weighted by Gasteiger charge is 2.40. The summed E-state index contributed by atoms with van der Waals surface area (Å²) in [6, 6.07) is 41.3.